The normalized spacial score (nSPS) is 14.3. The summed E-state index contributed by atoms with van der Waals surface area (Å²) in [7, 11) is 1.97. The van der Waals surface area contributed by atoms with Crippen LogP contribution in [0.2, 0.25) is 0 Å². The molecule has 8 nitrogen and oxygen atoms in total. The number of nitrogens with zero attached hydrogens (tertiary/aromatic N) is 6. The molecule has 8 heteroatoms. The van der Waals surface area contributed by atoms with E-state index in [-0.39, 0.29) is 0 Å². The van der Waals surface area contributed by atoms with Gasteiger partial charge < -0.3 is 19.4 Å². The molecule has 166 valence electrons. The van der Waals surface area contributed by atoms with Crippen molar-refractivity contribution in [3.63, 3.8) is 0 Å². The molecular formula is C25H25N7O. The maximum absolute atomic E-state index is 5.46. The van der Waals surface area contributed by atoms with Crippen LogP contribution in [0, 0.1) is 6.92 Å². The molecule has 0 radical (unpaired) electrons. The zero-order valence-electron chi connectivity index (χ0n) is 18.7. The van der Waals surface area contributed by atoms with E-state index in [0.29, 0.717) is 0 Å². The van der Waals surface area contributed by atoms with Gasteiger partial charge in [0.15, 0.2) is 11.5 Å². The Hall–Kier alpha value is -3.91. The number of morpholine rings is 1. The van der Waals surface area contributed by atoms with Crippen LogP contribution in [0.5, 0.6) is 0 Å². The molecule has 3 aromatic heterocycles. The van der Waals surface area contributed by atoms with Crippen molar-refractivity contribution >= 4 is 33.7 Å². The predicted octanol–water partition coefficient (Wildman–Crippen LogP) is 4.17. The smallest absolute Gasteiger partial charge is 0.180 e. The van der Waals surface area contributed by atoms with Crippen LogP contribution in [0.25, 0.3) is 27.8 Å². The fourth-order valence-corrected chi connectivity index (χ4v) is 4.47. The average molecular weight is 440 g/mol. The number of aromatic nitrogens is 5. The lowest BCUT2D eigenvalue weighted by atomic mass is 10.1. The van der Waals surface area contributed by atoms with Gasteiger partial charge in [-0.2, -0.15) is 5.10 Å². The lowest BCUT2D eigenvalue weighted by Gasteiger charge is -2.28. The van der Waals surface area contributed by atoms with E-state index in [1.54, 1.807) is 6.20 Å². The summed E-state index contributed by atoms with van der Waals surface area (Å²) in [5.74, 6) is 0.720. The molecule has 33 heavy (non-hydrogen) atoms. The van der Waals surface area contributed by atoms with Crippen LogP contribution in [0.1, 0.15) is 5.69 Å². The van der Waals surface area contributed by atoms with Gasteiger partial charge in [0.05, 0.1) is 30.1 Å². The highest BCUT2D eigenvalue weighted by atomic mass is 16.5. The third-order valence-corrected chi connectivity index (χ3v) is 6.21. The van der Waals surface area contributed by atoms with E-state index >= 15 is 0 Å². The fourth-order valence-electron chi connectivity index (χ4n) is 4.47. The minimum absolute atomic E-state index is 0.720. The van der Waals surface area contributed by atoms with Crippen LogP contribution >= 0.6 is 0 Å². The van der Waals surface area contributed by atoms with E-state index in [1.165, 1.54) is 5.69 Å². The topological polar surface area (TPSA) is 72.5 Å². The maximum atomic E-state index is 5.46. The first kappa shape index (κ1) is 19.8. The lowest BCUT2D eigenvalue weighted by Crippen LogP contribution is -2.36. The summed E-state index contributed by atoms with van der Waals surface area (Å²) >= 11 is 0. The van der Waals surface area contributed by atoms with Crippen LogP contribution in [0.4, 0.5) is 17.2 Å². The number of nitrogens with one attached hydrogen (secondary N) is 1. The molecule has 0 saturated carbocycles. The molecule has 0 atom stereocenters. The molecule has 6 rings (SSSR count). The van der Waals surface area contributed by atoms with Gasteiger partial charge in [0, 0.05) is 61.1 Å². The SMILES string of the molecule is Cc1nn(C)c2cc(-c3cn4ccnc4c(Nc4ccc(N5CCOCC5)cc4)n3)ccc12. The van der Waals surface area contributed by atoms with Gasteiger partial charge in [-0.15, -0.1) is 0 Å². The number of hydrogen-bond donors (Lipinski definition) is 1. The molecule has 1 saturated heterocycles. The number of anilines is 3. The number of rotatable bonds is 4. The zero-order valence-corrected chi connectivity index (χ0v) is 18.7. The second-order valence-electron chi connectivity index (χ2n) is 8.35. The fraction of sp³-hybridized carbons (Fsp3) is 0.240. The Morgan fingerprint density at radius 2 is 1.85 bits per heavy atom. The molecule has 0 aliphatic carbocycles. The summed E-state index contributed by atoms with van der Waals surface area (Å²) in [5.41, 5.74) is 6.98. The van der Waals surface area contributed by atoms with Gasteiger partial charge in [-0.25, -0.2) is 9.97 Å². The van der Waals surface area contributed by atoms with Gasteiger partial charge in [-0.05, 0) is 37.3 Å². The van der Waals surface area contributed by atoms with Gasteiger partial charge >= 0.3 is 0 Å². The molecule has 1 fully saturated rings. The monoisotopic (exact) mass is 439 g/mol. The summed E-state index contributed by atoms with van der Waals surface area (Å²) in [4.78, 5) is 11.8. The Morgan fingerprint density at radius 1 is 1.03 bits per heavy atom. The number of benzene rings is 2. The molecule has 0 amide bonds. The highest BCUT2D eigenvalue weighted by Gasteiger charge is 2.14. The number of aryl methyl sites for hydroxylation is 2. The van der Waals surface area contributed by atoms with Gasteiger partial charge in [0.2, 0.25) is 0 Å². The Labute approximate surface area is 191 Å². The number of imidazole rings is 1. The minimum atomic E-state index is 0.720. The van der Waals surface area contributed by atoms with Crippen molar-refractivity contribution in [2.24, 2.45) is 7.05 Å². The standard InChI is InChI=1S/C25H25N7O/c1-17-21-8-3-18(15-23(21)30(2)29-17)22-16-32-10-9-26-25(32)24(28-22)27-19-4-6-20(7-5-19)31-11-13-33-14-12-31/h3-10,15-16H,11-14H2,1-2H3,(H,27,28). The van der Waals surface area contributed by atoms with E-state index in [1.807, 2.05) is 35.4 Å². The maximum Gasteiger partial charge on any atom is 0.180 e. The summed E-state index contributed by atoms with van der Waals surface area (Å²) in [5, 5.41) is 9.17. The van der Waals surface area contributed by atoms with E-state index < -0.39 is 0 Å². The van der Waals surface area contributed by atoms with Crippen molar-refractivity contribution in [1.29, 1.82) is 0 Å². The van der Waals surface area contributed by atoms with Crippen molar-refractivity contribution in [1.82, 2.24) is 24.1 Å². The van der Waals surface area contributed by atoms with E-state index in [4.69, 9.17) is 9.72 Å². The van der Waals surface area contributed by atoms with E-state index in [9.17, 15) is 0 Å². The first-order chi connectivity index (χ1) is 16.2. The third-order valence-electron chi connectivity index (χ3n) is 6.21. The van der Waals surface area contributed by atoms with E-state index in [2.05, 4.69) is 62.8 Å². The highest BCUT2D eigenvalue weighted by Crippen LogP contribution is 2.28. The Kier molecular flexibility index (Phi) is 4.73. The Balaban J connectivity index is 1.35. The Bertz CT molecular complexity index is 1450. The lowest BCUT2D eigenvalue weighted by molar-refractivity contribution is 0.122. The summed E-state index contributed by atoms with van der Waals surface area (Å²) in [6.07, 6.45) is 5.75. The van der Waals surface area contributed by atoms with Gasteiger partial charge in [-0.1, -0.05) is 12.1 Å². The molecule has 0 bridgehead atoms. The molecule has 2 aromatic carbocycles. The Morgan fingerprint density at radius 3 is 2.67 bits per heavy atom. The molecule has 0 spiro atoms. The summed E-state index contributed by atoms with van der Waals surface area (Å²) in [6, 6.07) is 14.8. The number of fused-ring (bicyclic) bond motifs is 2. The molecular weight excluding hydrogens is 414 g/mol. The summed E-state index contributed by atoms with van der Waals surface area (Å²) < 4.78 is 9.38. The minimum Gasteiger partial charge on any atom is -0.378 e. The summed E-state index contributed by atoms with van der Waals surface area (Å²) in [6.45, 7) is 5.43. The van der Waals surface area contributed by atoms with Gasteiger partial charge in [0.1, 0.15) is 0 Å². The zero-order chi connectivity index (χ0) is 22.4. The van der Waals surface area contributed by atoms with Crippen molar-refractivity contribution in [2.45, 2.75) is 6.92 Å². The van der Waals surface area contributed by atoms with Crippen LogP contribution in [-0.4, -0.2) is 50.5 Å². The van der Waals surface area contributed by atoms with Crippen molar-refractivity contribution in [3.8, 4) is 11.3 Å². The van der Waals surface area contributed by atoms with Crippen molar-refractivity contribution in [3.05, 3.63) is 66.7 Å². The number of ether oxygens (including phenoxy) is 1. The van der Waals surface area contributed by atoms with Crippen molar-refractivity contribution in [2.75, 3.05) is 36.5 Å². The molecule has 1 aliphatic heterocycles. The molecule has 1 aliphatic rings. The average Bonchev–Trinajstić information content (AvgIpc) is 3.44. The van der Waals surface area contributed by atoms with Gasteiger partial charge in [0.25, 0.3) is 0 Å². The molecule has 4 heterocycles. The first-order valence-corrected chi connectivity index (χ1v) is 11.1. The van der Waals surface area contributed by atoms with Crippen LogP contribution in [0.3, 0.4) is 0 Å². The van der Waals surface area contributed by atoms with Crippen LogP contribution < -0.4 is 10.2 Å². The number of hydrogen-bond acceptors (Lipinski definition) is 6. The molecule has 0 unspecified atom stereocenters. The molecule has 5 aromatic rings. The predicted molar refractivity (Wildman–Crippen MR) is 130 cm³/mol. The largest absolute Gasteiger partial charge is 0.378 e. The second kappa shape index (κ2) is 7.90. The van der Waals surface area contributed by atoms with E-state index in [0.717, 1.165) is 71.3 Å². The third kappa shape index (κ3) is 3.58. The van der Waals surface area contributed by atoms with Crippen LogP contribution in [-0.2, 0) is 11.8 Å². The van der Waals surface area contributed by atoms with Crippen molar-refractivity contribution < 1.29 is 4.74 Å². The molecule has 1 N–H and O–H groups in total. The van der Waals surface area contributed by atoms with Crippen LogP contribution in [0.15, 0.2) is 61.1 Å². The quantitative estimate of drug-likeness (QED) is 0.453. The van der Waals surface area contributed by atoms with Gasteiger partial charge in [-0.3, -0.25) is 4.68 Å². The second-order valence-corrected chi connectivity index (χ2v) is 8.35. The highest BCUT2D eigenvalue weighted by molar-refractivity contribution is 5.86. The first-order valence-electron chi connectivity index (χ1n) is 11.1.